The molecule has 9 nitrogen and oxygen atoms in total. The number of aryl methyl sites for hydroxylation is 1. The highest BCUT2D eigenvalue weighted by atomic mass is 32.2. The Bertz CT molecular complexity index is 1880. The third-order valence-electron chi connectivity index (χ3n) is 7.20. The Kier molecular flexibility index (Phi) is 9.41. The number of primary amides is 1. The molecule has 0 spiro atoms. The summed E-state index contributed by atoms with van der Waals surface area (Å²) < 4.78 is 43.5. The molecule has 0 saturated heterocycles. The summed E-state index contributed by atoms with van der Waals surface area (Å²) in [6.45, 7) is 3.79. The molecule has 3 N–H and O–H groups in total. The number of sulfone groups is 1. The van der Waals surface area contributed by atoms with Crippen molar-refractivity contribution in [3.05, 3.63) is 105 Å². The van der Waals surface area contributed by atoms with Gasteiger partial charge in [-0.2, -0.15) is 10.2 Å². The summed E-state index contributed by atoms with van der Waals surface area (Å²) in [4.78, 5) is 28.6. The van der Waals surface area contributed by atoms with E-state index in [1.54, 1.807) is 30.3 Å². The van der Waals surface area contributed by atoms with Gasteiger partial charge in [0.25, 0.3) is 5.56 Å². The number of nitrogens with zero attached hydrogens (tertiary/aromatic N) is 3. The van der Waals surface area contributed by atoms with Crippen LogP contribution in [0.15, 0.2) is 81.3 Å². The van der Waals surface area contributed by atoms with Gasteiger partial charge in [-0.15, -0.1) is 0 Å². The summed E-state index contributed by atoms with van der Waals surface area (Å²) in [6, 6.07) is 17.7. The molecule has 0 radical (unpaired) electrons. The molecule has 4 rings (SSSR count). The first-order valence-corrected chi connectivity index (χ1v) is 15.3. The fraction of sp³-hybridized carbons (Fsp3) is 0.250. The summed E-state index contributed by atoms with van der Waals surface area (Å²) in [5, 5.41) is 20.3. The fourth-order valence-corrected chi connectivity index (χ4v) is 6.46. The van der Waals surface area contributed by atoms with Crippen molar-refractivity contribution in [3.8, 4) is 23.1 Å². The summed E-state index contributed by atoms with van der Waals surface area (Å²) in [7, 11) is -4.58. The molecule has 1 heterocycles. The molecule has 4 aromatic rings. The molecular weight excluding hydrogens is 571 g/mol. The van der Waals surface area contributed by atoms with Crippen LogP contribution >= 0.6 is 0 Å². The lowest BCUT2D eigenvalue weighted by Crippen LogP contribution is -2.33. The Balaban J connectivity index is 1.86. The summed E-state index contributed by atoms with van der Waals surface area (Å²) in [5.74, 6) is -2.01. The van der Waals surface area contributed by atoms with Crippen LogP contribution in [0, 0.1) is 17.1 Å². The second kappa shape index (κ2) is 13.0. The van der Waals surface area contributed by atoms with Gasteiger partial charge in [-0.25, -0.2) is 12.8 Å². The lowest BCUT2D eigenvalue weighted by atomic mass is 9.97. The first kappa shape index (κ1) is 31.1. The minimum atomic E-state index is -4.58. The van der Waals surface area contributed by atoms with Crippen LogP contribution in [-0.4, -0.2) is 29.0 Å². The predicted octanol–water partition coefficient (Wildman–Crippen LogP) is 4.83. The van der Waals surface area contributed by atoms with Crippen LogP contribution < -0.4 is 11.3 Å². The molecule has 43 heavy (non-hydrogen) atoms. The maximum Gasteiger partial charge on any atom is 0.277 e. The topological polar surface area (TPSA) is 156 Å². The zero-order valence-corrected chi connectivity index (χ0v) is 24.6. The quantitative estimate of drug-likeness (QED) is 0.249. The molecule has 1 atom stereocenters. The van der Waals surface area contributed by atoms with Crippen molar-refractivity contribution in [1.29, 1.82) is 5.26 Å². The van der Waals surface area contributed by atoms with E-state index in [0.29, 0.717) is 41.5 Å². The van der Waals surface area contributed by atoms with Gasteiger partial charge in [-0.1, -0.05) is 56.7 Å². The van der Waals surface area contributed by atoms with Crippen LogP contribution in [0.3, 0.4) is 0 Å². The molecular formula is C32H31FN4O5S. The average molecular weight is 603 g/mol. The van der Waals surface area contributed by atoms with E-state index in [9.17, 15) is 32.8 Å². The van der Waals surface area contributed by atoms with Gasteiger partial charge in [0.1, 0.15) is 11.6 Å². The van der Waals surface area contributed by atoms with Crippen molar-refractivity contribution in [2.75, 3.05) is 0 Å². The standard InChI is InChI=1S/C32H31FN4O5S/c1-3-5-12-29-36-31(39)30(32(40)37(29)27(4-2)22-9-6-8-20(17-22)19-34)43(41,42)23-15-13-21(14-16-23)24-10-7-11-26(33)25(24)18-28(35)38/h6-11,13-17,27,39H,3-5,12,18H2,1-2H3,(H2,35,38)/t27-/m0/s1. The molecule has 222 valence electrons. The number of aromatic hydroxyl groups is 1. The number of hydrogen-bond acceptors (Lipinski definition) is 7. The van der Waals surface area contributed by atoms with E-state index < -0.39 is 43.9 Å². The van der Waals surface area contributed by atoms with Crippen LogP contribution in [0.5, 0.6) is 5.88 Å². The molecule has 0 unspecified atom stereocenters. The van der Waals surface area contributed by atoms with E-state index in [1.807, 2.05) is 13.8 Å². The van der Waals surface area contributed by atoms with Crippen molar-refractivity contribution < 1.29 is 22.7 Å². The SMILES string of the molecule is CCCCc1nc(O)c(S(=O)(=O)c2ccc(-c3cccc(F)c3CC(N)=O)cc2)c(=O)n1[C@@H](CC)c1cccc(C#N)c1. The summed E-state index contributed by atoms with van der Waals surface area (Å²) in [5.41, 5.74) is 6.23. The highest BCUT2D eigenvalue weighted by Gasteiger charge is 2.31. The third kappa shape index (κ3) is 6.34. The van der Waals surface area contributed by atoms with Crippen LogP contribution in [0.4, 0.5) is 4.39 Å². The Morgan fingerprint density at radius 1 is 1.12 bits per heavy atom. The average Bonchev–Trinajstić information content (AvgIpc) is 2.98. The number of hydrogen-bond donors (Lipinski definition) is 2. The summed E-state index contributed by atoms with van der Waals surface area (Å²) >= 11 is 0. The van der Waals surface area contributed by atoms with Crippen molar-refractivity contribution in [2.24, 2.45) is 5.73 Å². The number of carbonyl (C=O) groups is 1. The van der Waals surface area contributed by atoms with Gasteiger partial charge in [-0.05, 0) is 59.9 Å². The largest absolute Gasteiger partial charge is 0.492 e. The van der Waals surface area contributed by atoms with E-state index >= 15 is 0 Å². The highest BCUT2D eigenvalue weighted by Crippen LogP contribution is 2.31. The molecule has 0 bridgehead atoms. The molecule has 0 saturated carbocycles. The number of benzene rings is 3. The maximum absolute atomic E-state index is 14.5. The van der Waals surface area contributed by atoms with Crippen LogP contribution in [-0.2, 0) is 27.5 Å². The third-order valence-corrected chi connectivity index (χ3v) is 8.98. The van der Waals surface area contributed by atoms with Gasteiger partial charge < -0.3 is 10.8 Å². The lowest BCUT2D eigenvalue weighted by molar-refractivity contribution is -0.117. The molecule has 0 aliphatic heterocycles. The number of nitriles is 1. The van der Waals surface area contributed by atoms with E-state index in [1.165, 1.54) is 41.0 Å². The molecule has 1 amide bonds. The number of carbonyl (C=O) groups excluding carboxylic acids is 1. The van der Waals surface area contributed by atoms with E-state index in [0.717, 1.165) is 6.42 Å². The highest BCUT2D eigenvalue weighted by molar-refractivity contribution is 7.91. The molecule has 0 fully saturated rings. The number of halogens is 1. The minimum Gasteiger partial charge on any atom is -0.492 e. The van der Waals surface area contributed by atoms with Gasteiger partial charge in [0.15, 0.2) is 4.90 Å². The number of rotatable bonds is 11. The Morgan fingerprint density at radius 3 is 2.44 bits per heavy atom. The molecule has 11 heteroatoms. The maximum atomic E-state index is 14.5. The summed E-state index contributed by atoms with van der Waals surface area (Å²) in [6.07, 6.45) is 1.78. The van der Waals surface area contributed by atoms with E-state index in [4.69, 9.17) is 5.73 Å². The lowest BCUT2D eigenvalue weighted by Gasteiger charge is -2.23. The predicted molar refractivity (Wildman–Crippen MR) is 159 cm³/mol. The van der Waals surface area contributed by atoms with Gasteiger partial charge in [-0.3, -0.25) is 14.2 Å². The van der Waals surface area contributed by atoms with Crippen LogP contribution in [0.25, 0.3) is 11.1 Å². The van der Waals surface area contributed by atoms with Gasteiger partial charge >= 0.3 is 0 Å². The molecule has 0 aliphatic rings. The van der Waals surface area contributed by atoms with Crippen molar-refractivity contribution in [1.82, 2.24) is 9.55 Å². The minimum absolute atomic E-state index is 0.0732. The van der Waals surface area contributed by atoms with Crippen molar-refractivity contribution in [2.45, 2.75) is 61.8 Å². The second-order valence-electron chi connectivity index (χ2n) is 10.1. The molecule has 3 aromatic carbocycles. The molecule has 1 aromatic heterocycles. The van der Waals surface area contributed by atoms with Gasteiger partial charge in [0, 0.05) is 12.0 Å². The van der Waals surface area contributed by atoms with Crippen LogP contribution in [0.2, 0.25) is 0 Å². The second-order valence-corrected chi connectivity index (χ2v) is 11.9. The monoisotopic (exact) mass is 602 g/mol. The van der Waals surface area contributed by atoms with Crippen molar-refractivity contribution >= 4 is 15.7 Å². The van der Waals surface area contributed by atoms with Crippen molar-refractivity contribution in [3.63, 3.8) is 0 Å². The number of amides is 1. The fourth-order valence-electron chi connectivity index (χ4n) is 5.11. The first-order chi connectivity index (χ1) is 20.5. The number of aromatic nitrogens is 2. The molecule has 0 aliphatic carbocycles. The zero-order chi connectivity index (χ0) is 31.3. The Labute approximate surface area is 249 Å². The van der Waals surface area contributed by atoms with E-state index in [2.05, 4.69) is 11.1 Å². The van der Waals surface area contributed by atoms with Gasteiger partial charge in [0.05, 0.1) is 29.0 Å². The smallest absolute Gasteiger partial charge is 0.277 e. The Morgan fingerprint density at radius 2 is 1.81 bits per heavy atom. The normalized spacial score (nSPS) is 12.0. The van der Waals surface area contributed by atoms with Gasteiger partial charge in [0.2, 0.25) is 21.6 Å². The van der Waals surface area contributed by atoms with E-state index in [-0.39, 0.29) is 22.7 Å². The Hall–Kier alpha value is -4.82. The first-order valence-electron chi connectivity index (χ1n) is 13.8. The number of unbranched alkanes of at least 4 members (excludes halogenated alkanes) is 1. The number of nitrogens with two attached hydrogens (primary N) is 1. The zero-order valence-electron chi connectivity index (χ0n) is 23.7. The van der Waals surface area contributed by atoms with Crippen LogP contribution in [0.1, 0.15) is 61.7 Å².